The maximum absolute atomic E-state index is 13.5. The number of likely N-dealkylation sites (N-methyl/N-ethyl adjacent to an activating group) is 2. The minimum Gasteiger partial charge on any atom is -0.480 e. The zero-order valence-electron chi connectivity index (χ0n) is 19.2. The third-order valence-corrected chi connectivity index (χ3v) is 5.67. The second-order valence-electron chi connectivity index (χ2n) is 8.26. The number of carboxylic acid groups (broad SMARTS) is 1. The molecule has 2 aromatic rings. The molecule has 1 N–H and O–H groups in total. The molecule has 1 aliphatic rings. The molecule has 0 bridgehead atoms. The molecule has 1 saturated heterocycles. The van der Waals surface area contributed by atoms with Gasteiger partial charge in [0.15, 0.2) is 0 Å². The van der Waals surface area contributed by atoms with Gasteiger partial charge in [-0.15, -0.1) is 0 Å². The van der Waals surface area contributed by atoms with Crippen LogP contribution in [-0.2, 0) is 20.6 Å². The van der Waals surface area contributed by atoms with Crippen LogP contribution in [0.1, 0.15) is 29.7 Å². The van der Waals surface area contributed by atoms with E-state index < -0.39 is 35.6 Å². The molecule has 2 amide bonds. The summed E-state index contributed by atoms with van der Waals surface area (Å²) in [6, 6.07) is 5.73. The molecular weight excluding hydrogens is 453 g/mol. The molecule has 0 spiro atoms. The summed E-state index contributed by atoms with van der Waals surface area (Å²) in [5.74, 6) is -2.29. The van der Waals surface area contributed by atoms with E-state index in [9.17, 15) is 32.7 Å². The van der Waals surface area contributed by atoms with Crippen LogP contribution in [0.2, 0.25) is 0 Å². The van der Waals surface area contributed by atoms with Gasteiger partial charge in [0.25, 0.3) is 0 Å². The van der Waals surface area contributed by atoms with Crippen molar-refractivity contribution in [2.45, 2.75) is 38.9 Å². The summed E-state index contributed by atoms with van der Waals surface area (Å²) in [7, 11) is 3.07. The molecule has 11 heteroatoms. The van der Waals surface area contributed by atoms with Crippen LogP contribution in [0.25, 0.3) is 0 Å². The van der Waals surface area contributed by atoms with Crippen LogP contribution in [-0.4, -0.2) is 54.6 Å². The predicted molar refractivity (Wildman–Crippen MR) is 120 cm³/mol. The highest BCUT2D eigenvalue weighted by Crippen LogP contribution is 2.36. The SMILES string of the molecule is Cc1cc(C(F)(F)F)cc(N2C(=O)CCC2C(=O)N(C)c2cccc(C)c2N(C)CC(=O)O)n1. The summed E-state index contributed by atoms with van der Waals surface area (Å²) in [5.41, 5.74) is 0.784. The molecule has 1 fully saturated rings. The standard InChI is InChI=1S/C23H25F3N4O4/c1-13-6-5-7-16(21(13)28(3)12-20(32)33)29(4)22(34)17-8-9-19(31)30(17)18-11-15(23(24,25)26)10-14(2)27-18/h5-7,10-11,17H,8-9,12H2,1-4H3,(H,32,33). The number of carbonyl (C=O) groups is 3. The van der Waals surface area contributed by atoms with Crippen molar-refractivity contribution in [1.29, 1.82) is 0 Å². The number of alkyl halides is 3. The number of amides is 2. The Hall–Kier alpha value is -3.63. The van der Waals surface area contributed by atoms with Crippen molar-refractivity contribution in [3.05, 3.63) is 47.2 Å². The number of rotatable bonds is 6. The largest absolute Gasteiger partial charge is 0.480 e. The number of carboxylic acids is 1. The highest BCUT2D eigenvalue weighted by atomic mass is 19.4. The Balaban J connectivity index is 1.99. The van der Waals surface area contributed by atoms with Gasteiger partial charge in [0.05, 0.1) is 16.9 Å². The van der Waals surface area contributed by atoms with Gasteiger partial charge in [-0.3, -0.25) is 19.3 Å². The number of benzene rings is 1. The van der Waals surface area contributed by atoms with Crippen molar-refractivity contribution in [3.63, 3.8) is 0 Å². The Morgan fingerprint density at radius 2 is 1.88 bits per heavy atom. The molecule has 3 rings (SSSR count). The highest BCUT2D eigenvalue weighted by Gasteiger charge is 2.41. The Labute approximate surface area is 194 Å². The molecule has 2 heterocycles. The van der Waals surface area contributed by atoms with Crippen molar-refractivity contribution in [2.24, 2.45) is 0 Å². The normalized spacial score (nSPS) is 16.0. The third-order valence-electron chi connectivity index (χ3n) is 5.67. The lowest BCUT2D eigenvalue weighted by Crippen LogP contribution is -2.46. The molecule has 8 nitrogen and oxygen atoms in total. The van der Waals surface area contributed by atoms with Crippen LogP contribution in [0.15, 0.2) is 30.3 Å². The molecule has 0 saturated carbocycles. The first-order chi connectivity index (χ1) is 15.8. The zero-order valence-corrected chi connectivity index (χ0v) is 19.2. The molecule has 1 unspecified atom stereocenters. The van der Waals surface area contributed by atoms with Crippen LogP contribution in [0, 0.1) is 13.8 Å². The van der Waals surface area contributed by atoms with Gasteiger partial charge in [0.2, 0.25) is 11.8 Å². The van der Waals surface area contributed by atoms with E-state index in [2.05, 4.69) is 4.98 Å². The lowest BCUT2D eigenvalue weighted by molar-refractivity contribution is -0.138. The number of para-hydroxylation sites is 1. The Morgan fingerprint density at radius 1 is 1.21 bits per heavy atom. The first kappa shape index (κ1) is 25.0. The van der Waals surface area contributed by atoms with Crippen molar-refractivity contribution in [2.75, 3.05) is 35.3 Å². The van der Waals surface area contributed by atoms with Crippen LogP contribution in [0.4, 0.5) is 30.4 Å². The van der Waals surface area contributed by atoms with E-state index >= 15 is 0 Å². The molecule has 1 aliphatic heterocycles. The number of anilines is 3. The van der Waals surface area contributed by atoms with Crippen molar-refractivity contribution in [3.8, 4) is 0 Å². The van der Waals surface area contributed by atoms with Crippen molar-refractivity contribution < 1.29 is 32.7 Å². The summed E-state index contributed by atoms with van der Waals surface area (Å²) in [5, 5.41) is 9.19. The monoisotopic (exact) mass is 478 g/mol. The number of hydrogen-bond donors (Lipinski definition) is 1. The quantitative estimate of drug-likeness (QED) is 0.684. The number of pyridine rings is 1. The molecule has 1 aromatic carbocycles. The molecule has 0 radical (unpaired) electrons. The number of carbonyl (C=O) groups excluding carboxylic acids is 2. The first-order valence-corrected chi connectivity index (χ1v) is 10.5. The average molecular weight is 478 g/mol. The summed E-state index contributed by atoms with van der Waals surface area (Å²) in [6.07, 6.45) is -4.53. The topological polar surface area (TPSA) is 94.1 Å². The molecule has 1 aromatic heterocycles. The van der Waals surface area contributed by atoms with Gasteiger partial charge in [-0.25, -0.2) is 4.98 Å². The van der Waals surface area contributed by atoms with Gasteiger partial charge in [-0.1, -0.05) is 12.1 Å². The van der Waals surface area contributed by atoms with Gasteiger partial charge in [-0.05, 0) is 44.0 Å². The molecular formula is C23H25F3N4O4. The van der Waals surface area contributed by atoms with Crippen LogP contribution in [0.5, 0.6) is 0 Å². The molecule has 0 aliphatic carbocycles. The van der Waals surface area contributed by atoms with Crippen LogP contribution in [0.3, 0.4) is 0 Å². The second kappa shape index (κ2) is 9.32. The maximum Gasteiger partial charge on any atom is 0.416 e. The van der Waals surface area contributed by atoms with Gasteiger partial charge in [0, 0.05) is 26.2 Å². The number of aromatic nitrogens is 1. The van der Waals surface area contributed by atoms with E-state index in [-0.39, 0.29) is 30.9 Å². The van der Waals surface area contributed by atoms with E-state index in [4.69, 9.17) is 0 Å². The van der Waals surface area contributed by atoms with Gasteiger partial charge < -0.3 is 14.9 Å². The molecule has 182 valence electrons. The van der Waals surface area contributed by atoms with E-state index in [1.54, 1.807) is 32.2 Å². The zero-order chi connectivity index (χ0) is 25.4. The Kier molecular flexibility index (Phi) is 6.85. The van der Waals surface area contributed by atoms with E-state index in [1.165, 1.54) is 23.8 Å². The first-order valence-electron chi connectivity index (χ1n) is 10.5. The number of aryl methyl sites for hydroxylation is 2. The van der Waals surface area contributed by atoms with Gasteiger partial charge in [-0.2, -0.15) is 13.2 Å². The van der Waals surface area contributed by atoms with E-state index in [1.807, 2.05) is 0 Å². The fraction of sp³-hybridized carbons (Fsp3) is 0.391. The molecule has 1 atom stereocenters. The third kappa shape index (κ3) is 4.97. The van der Waals surface area contributed by atoms with E-state index in [0.29, 0.717) is 11.4 Å². The minimum absolute atomic E-state index is 0.0131. The summed E-state index contributed by atoms with van der Waals surface area (Å²) >= 11 is 0. The number of halogens is 3. The maximum atomic E-state index is 13.5. The number of aliphatic carboxylic acids is 1. The van der Waals surface area contributed by atoms with Gasteiger partial charge in [0.1, 0.15) is 18.4 Å². The van der Waals surface area contributed by atoms with Crippen LogP contribution < -0.4 is 14.7 Å². The fourth-order valence-electron chi connectivity index (χ4n) is 4.18. The van der Waals surface area contributed by atoms with Crippen molar-refractivity contribution in [1.82, 2.24) is 4.98 Å². The molecule has 34 heavy (non-hydrogen) atoms. The lowest BCUT2D eigenvalue weighted by atomic mass is 10.1. The predicted octanol–water partition coefficient (Wildman–Crippen LogP) is 3.40. The lowest BCUT2D eigenvalue weighted by Gasteiger charge is -2.31. The fourth-order valence-corrected chi connectivity index (χ4v) is 4.18. The van der Waals surface area contributed by atoms with Gasteiger partial charge >= 0.3 is 12.1 Å². The summed E-state index contributed by atoms with van der Waals surface area (Å²) in [4.78, 5) is 45.3. The number of hydrogen-bond acceptors (Lipinski definition) is 5. The Bertz CT molecular complexity index is 1140. The van der Waals surface area contributed by atoms with Crippen molar-refractivity contribution >= 4 is 35.0 Å². The summed E-state index contributed by atoms with van der Waals surface area (Å²) < 4.78 is 40.0. The number of nitrogens with zero attached hydrogens (tertiary/aromatic N) is 4. The average Bonchev–Trinajstić information content (AvgIpc) is 3.12. The smallest absolute Gasteiger partial charge is 0.416 e. The minimum atomic E-state index is -4.63. The Morgan fingerprint density at radius 3 is 2.50 bits per heavy atom. The summed E-state index contributed by atoms with van der Waals surface area (Å²) in [6.45, 7) is 2.86. The highest BCUT2D eigenvalue weighted by molar-refractivity contribution is 6.09. The second-order valence-corrected chi connectivity index (χ2v) is 8.26. The van der Waals surface area contributed by atoms with Crippen LogP contribution >= 0.6 is 0 Å². The van der Waals surface area contributed by atoms with E-state index in [0.717, 1.165) is 22.6 Å².